The summed E-state index contributed by atoms with van der Waals surface area (Å²) in [5.74, 6) is 0.970. The van der Waals surface area contributed by atoms with Crippen LogP contribution in [0.25, 0.3) is 5.57 Å². The summed E-state index contributed by atoms with van der Waals surface area (Å²) in [5.41, 5.74) is 6.15. The maximum Gasteiger partial charge on any atom is 0.119 e. The number of hydrogen-bond donors (Lipinski definition) is 0. The molecule has 0 N–H and O–H groups in total. The predicted octanol–water partition coefficient (Wildman–Crippen LogP) is 6.12. The highest BCUT2D eigenvalue weighted by Crippen LogP contribution is 2.37. The first kappa shape index (κ1) is 19.3. The molecule has 1 unspecified atom stereocenters. The molecular weight excluding hydrogens is 342 g/mol. The van der Waals surface area contributed by atoms with Gasteiger partial charge in [0.15, 0.2) is 0 Å². The first-order valence-electron chi connectivity index (χ1n) is 11.1. The van der Waals surface area contributed by atoms with E-state index in [0.717, 1.165) is 25.2 Å². The van der Waals surface area contributed by atoms with Crippen molar-refractivity contribution in [3.63, 3.8) is 0 Å². The lowest BCUT2D eigenvalue weighted by Crippen LogP contribution is -2.47. The highest BCUT2D eigenvalue weighted by atomic mass is 16.5. The molecule has 1 aliphatic heterocycles. The van der Waals surface area contributed by atoms with Gasteiger partial charge in [-0.05, 0) is 92.9 Å². The smallest absolute Gasteiger partial charge is 0.119 e. The molecule has 0 radical (unpaired) electrons. The lowest BCUT2D eigenvalue weighted by molar-refractivity contribution is 0.121. The van der Waals surface area contributed by atoms with E-state index in [1.54, 1.807) is 11.1 Å². The highest BCUT2D eigenvalue weighted by molar-refractivity contribution is 5.70. The molecule has 2 aromatic rings. The molecule has 1 atom stereocenters. The van der Waals surface area contributed by atoms with Gasteiger partial charge in [-0.1, -0.05) is 48.9 Å². The third-order valence-corrected chi connectivity index (χ3v) is 6.32. The van der Waals surface area contributed by atoms with Crippen LogP contribution >= 0.6 is 0 Å². The molecule has 2 nitrogen and oxygen atoms in total. The quantitative estimate of drug-likeness (QED) is 0.578. The Bertz CT molecular complexity index is 774. The van der Waals surface area contributed by atoms with Crippen molar-refractivity contribution in [1.29, 1.82) is 0 Å². The Hall–Kier alpha value is -2.06. The summed E-state index contributed by atoms with van der Waals surface area (Å²) in [6.07, 6.45) is 8.93. The monoisotopic (exact) mass is 375 g/mol. The number of hydrogen-bond acceptors (Lipinski definition) is 2. The molecule has 148 valence electrons. The van der Waals surface area contributed by atoms with Crippen LogP contribution in [0.1, 0.15) is 56.6 Å². The van der Waals surface area contributed by atoms with Crippen LogP contribution in [-0.4, -0.2) is 30.6 Å². The molecule has 2 aromatic carbocycles. The summed E-state index contributed by atoms with van der Waals surface area (Å²) in [6.45, 7) is 5.33. The van der Waals surface area contributed by atoms with Gasteiger partial charge in [0.2, 0.25) is 0 Å². The van der Waals surface area contributed by atoms with E-state index in [0.29, 0.717) is 6.04 Å². The fraction of sp³-hybridized carbons (Fsp3) is 0.462. The maximum atomic E-state index is 5.60. The van der Waals surface area contributed by atoms with Gasteiger partial charge in [0, 0.05) is 6.04 Å². The van der Waals surface area contributed by atoms with Crippen LogP contribution in [0.2, 0.25) is 0 Å². The number of ether oxygens (including phenoxy) is 1. The maximum absolute atomic E-state index is 5.60. The Morgan fingerprint density at radius 3 is 2.43 bits per heavy atom. The van der Waals surface area contributed by atoms with Gasteiger partial charge in [-0.25, -0.2) is 0 Å². The van der Waals surface area contributed by atoms with Gasteiger partial charge in [-0.15, -0.1) is 0 Å². The largest absolute Gasteiger partial charge is 0.494 e. The molecule has 1 aliphatic carbocycles. The van der Waals surface area contributed by atoms with Crippen LogP contribution in [0.5, 0.6) is 5.75 Å². The lowest BCUT2D eigenvalue weighted by atomic mass is 9.81. The Morgan fingerprint density at radius 1 is 0.964 bits per heavy atom. The third-order valence-electron chi connectivity index (χ3n) is 6.32. The van der Waals surface area contributed by atoms with Gasteiger partial charge in [0.05, 0.1) is 6.61 Å². The lowest BCUT2D eigenvalue weighted by Gasteiger charge is -2.43. The number of allylic oxidation sites excluding steroid dienone is 1. The van der Waals surface area contributed by atoms with E-state index in [9.17, 15) is 0 Å². The van der Waals surface area contributed by atoms with Crippen molar-refractivity contribution in [1.82, 2.24) is 4.90 Å². The molecule has 1 saturated heterocycles. The van der Waals surface area contributed by atoms with Gasteiger partial charge in [-0.3, -0.25) is 4.90 Å². The Labute approximate surface area is 170 Å². The molecule has 1 saturated carbocycles. The minimum Gasteiger partial charge on any atom is -0.494 e. The van der Waals surface area contributed by atoms with Crippen molar-refractivity contribution in [2.24, 2.45) is 0 Å². The fourth-order valence-corrected chi connectivity index (χ4v) is 4.72. The van der Waals surface area contributed by atoms with Crippen molar-refractivity contribution in [3.8, 4) is 5.75 Å². The number of rotatable bonds is 7. The van der Waals surface area contributed by atoms with E-state index in [-0.39, 0.29) is 0 Å². The molecule has 0 bridgehead atoms. The van der Waals surface area contributed by atoms with Crippen LogP contribution in [0.4, 0.5) is 0 Å². The topological polar surface area (TPSA) is 12.5 Å². The van der Waals surface area contributed by atoms with Crippen LogP contribution < -0.4 is 4.74 Å². The van der Waals surface area contributed by atoms with Gasteiger partial charge in [0.25, 0.3) is 0 Å². The first-order valence-corrected chi connectivity index (χ1v) is 11.1. The van der Waals surface area contributed by atoms with E-state index < -0.39 is 0 Å². The zero-order valence-corrected chi connectivity index (χ0v) is 17.2. The van der Waals surface area contributed by atoms with Gasteiger partial charge < -0.3 is 4.74 Å². The highest BCUT2D eigenvalue weighted by Gasteiger charge is 2.30. The average Bonchev–Trinajstić information content (AvgIpc) is 2.70. The molecule has 28 heavy (non-hydrogen) atoms. The van der Waals surface area contributed by atoms with Crippen LogP contribution in [0.3, 0.4) is 0 Å². The summed E-state index contributed by atoms with van der Waals surface area (Å²) in [5, 5.41) is 0. The van der Waals surface area contributed by atoms with E-state index >= 15 is 0 Å². The molecule has 0 spiro atoms. The van der Waals surface area contributed by atoms with Crippen molar-refractivity contribution in [2.45, 2.75) is 57.9 Å². The van der Waals surface area contributed by atoms with Crippen molar-refractivity contribution in [2.75, 3.05) is 19.7 Å². The summed E-state index contributed by atoms with van der Waals surface area (Å²) in [6, 6.07) is 20.5. The summed E-state index contributed by atoms with van der Waals surface area (Å²) in [7, 11) is 0. The molecule has 0 aromatic heterocycles. The Balaban J connectivity index is 1.58. The number of benzene rings is 2. The molecular formula is C26H33NO. The molecule has 2 heteroatoms. The third kappa shape index (κ3) is 4.50. The molecule has 0 amide bonds. The molecule has 2 fully saturated rings. The average molecular weight is 376 g/mol. The van der Waals surface area contributed by atoms with Gasteiger partial charge in [0.1, 0.15) is 5.75 Å². The van der Waals surface area contributed by atoms with Crippen molar-refractivity contribution < 1.29 is 4.74 Å². The SMILES string of the molecule is CCOc1ccc(CCC(=C2CCCCC2N2CCC2)c2ccccc2)cc1. The minimum absolute atomic E-state index is 0.679. The minimum atomic E-state index is 0.679. The standard InChI is InChI=1S/C26H33NO/c1-2-28-23-16-13-21(14-17-23)15-18-24(22-9-4-3-5-10-22)25-11-6-7-12-26(25)27-19-8-20-27/h3-5,9-10,13-14,16-17,26H,2,6-8,11-12,15,18-20H2,1H3. The summed E-state index contributed by atoms with van der Waals surface area (Å²) >= 11 is 0. The normalized spacial score (nSPS) is 21.8. The second kappa shape index (κ2) is 9.43. The van der Waals surface area contributed by atoms with E-state index in [1.165, 1.54) is 56.3 Å². The van der Waals surface area contributed by atoms with E-state index in [2.05, 4.69) is 59.5 Å². The summed E-state index contributed by atoms with van der Waals surface area (Å²) < 4.78 is 5.60. The molecule has 2 aliphatic rings. The van der Waals surface area contributed by atoms with Crippen LogP contribution in [0.15, 0.2) is 60.2 Å². The van der Waals surface area contributed by atoms with Crippen LogP contribution in [0, 0.1) is 0 Å². The van der Waals surface area contributed by atoms with Crippen LogP contribution in [-0.2, 0) is 6.42 Å². The van der Waals surface area contributed by atoms with E-state index in [4.69, 9.17) is 4.74 Å². The zero-order valence-electron chi connectivity index (χ0n) is 17.2. The van der Waals surface area contributed by atoms with E-state index in [1.807, 2.05) is 6.92 Å². The van der Waals surface area contributed by atoms with Crippen molar-refractivity contribution in [3.05, 3.63) is 71.3 Å². The zero-order chi connectivity index (χ0) is 19.2. The second-order valence-electron chi connectivity index (χ2n) is 8.10. The summed E-state index contributed by atoms with van der Waals surface area (Å²) in [4.78, 5) is 2.72. The Morgan fingerprint density at radius 2 is 1.75 bits per heavy atom. The Kier molecular flexibility index (Phi) is 6.49. The second-order valence-corrected chi connectivity index (χ2v) is 8.10. The number of likely N-dealkylation sites (tertiary alicyclic amines) is 1. The van der Waals surface area contributed by atoms with Gasteiger partial charge >= 0.3 is 0 Å². The number of nitrogens with zero attached hydrogens (tertiary/aromatic N) is 1. The predicted molar refractivity (Wildman–Crippen MR) is 118 cm³/mol. The molecule has 4 rings (SSSR count). The molecule has 1 heterocycles. The van der Waals surface area contributed by atoms with Gasteiger partial charge in [-0.2, -0.15) is 0 Å². The van der Waals surface area contributed by atoms with Crippen molar-refractivity contribution >= 4 is 5.57 Å². The number of aryl methyl sites for hydroxylation is 1. The fourth-order valence-electron chi connectivity index (χ4n) is 4.72. The first-order chi connectivity index (χ1) is 13.8.